The predicted octanol–water partition coefficient (Wildman–Crippen LogP) is 3.74. The van der Waals surface area contributed by atoms with E-state index in [0.29, 0.717) is 0 Å². The van der Waals surface area contributed by atoms with E-state index in [1.807, 2.05) is 0 Å². The van der Waals surface area contributed by atoms with E-state index in [9.17, 15) is 26.4 Å². The summed E-state index contributed by atoms with van der Waals surface area (Å²) in [6.07, 6.45) is 7.33. The van der Waals surface area contributed by atoms with Gasteiger partial charge in [-0.3, -0.25) is 9.36 Å². The van der Waals surface area contributed by atoms with Crippen LogP contribution < -0.4 is 9.74 Å². The molecule has 3 aromatic heterocycles. The fraction of sp³-hybridized carbons (Fsp3) is 0.438. The van der Waals surface area contributed by atoms with Gasteiger partial charge < -0.3 is 4.18 Å². The maximum Gasteiger partial charge on any atom is 0.534 e. The van der Waals surface area contributed by atoms with Crippen molar-refractivity contribution in [2.45, 2.75) is 43.7 Å². The highest BCUT2D eigenvalue weighted by atomic mass is 32.2. The van der Waals surface area contributed by atoms with Crippen molar-refractivity contribution in [1.82, 2.24) is 14.5 Å². The molecule has 3 aromatic rings. The zero-order valence-electron chi connectivity index (χ0n) is 14.3. The van der Waals surface area contributed by atoms with Gasteiger partial charge in [0.25, 0.3) is 5.56 Å². The number of nitrogens with zero attached hydrogens (tertiary/aromatic N) is 3. The summed E-state index contributed by atoms with van der Waals surface area (Å²) in [5, 5.41) is -0.0248. The first kappa shape index (κ1) is 19.1. The van der Waals surface area contributed by atoms with Crippen LogP contribution in [0.4, 0.5) is 13.2 Å². The van der Waals surface area contributed by atoms with E-state index in [-0.39, 0.29) is 32.0 Å². The Morgan fingerprint density at radius 3 is 2.57 bits per heavy atom. The fourth-order valence-electron chi connectivity index (χ4n) is 3.39. The molecule has 7 nitrogen and oxygen atoms in total. The molecule has 0 aromatic carbocycles. The van der Waals surface area contributed by atoms with Crippen molar-refractivity contribution in [1.29, 1.82) is 0 Å². The molecule has 1 aliphatic rings. The first-order valence-electron chi connectivity index (χ1n) is 8.48. The van der Waals surface area contributed by atoms with E-state index in [1.165, 1.54) is 6.33 Å². The smallest absolute Gasteiger partial charge is 0.375 e. The van der Waals surface area contributed by atoms with Crippen molar-refractivity contribution in [2.24, 2.45) is 0 Å². The Balaban J connectivity index is 1.88. The molecule has 1 aliphatic carbocycles. The molecule has 0 amide bonds. The Morgan fingerprint density at radius 1 is 1.18 bits per heavy atom. The van der Waals surface area contributed by atoms with E-state index < -0.39 is 21.4 Å². The summed E-state index contributed by atoms with van der Waals surface area (Å²) in [5.41, 5.74) is -5.81. The highest BCUT2D eigenvalue weighted by molar-refractivity contribution is 7.88. The molecular formula is C16H14F3N3O4S2. The summed E-state index contributed by atoms with van der Waals surface area (Å²) in [6, 6.07) is 1.03. The van der Waals surface area contributed by atoms with E-state index in [4.69, 9.17) is 0 Å². The molecule has 0 spiro atoms. The highest BCUT2D eigenvalue weighted by Crippen LogP contribution is 2.38. The number of aromatic nitrogens is 3. The van der Waals surface area contributed by atoms with E-state index >= 15 is 0 Å². The van der Waals surface area contributed by atoms with Crippen LogP contribution in [0.3, 0.4) is 0 Å². The summed E-state index contributed by atoms with van der Waals surface area (Å²) in [7, 11) is -5.86. The number of pyridine rings is 1. The van der Waals surface area contributed by atoms with Gasteiger partial charge in [-0.05, 0) is 12.8 Å². The highest BCUT2D eigenvalue weighted by Gasteiger charge is 2.48. The molecule has 3 heterocycles. The molecule has 0 saturated heterocycles. The molecule has 4 rings (SSSR count). The van der Waals surface area contributed by atoms with Gasteiger partial charge in [0.15, 0.2) is 5.75 Å². The number of thiophene rings is 1. The Morgan fingerprint density at radius 2 is 1.89 bits per heavy atom. The predicted molar refractivity (Wildman–Crippen MR) is 96.9 cm³/mol. The van der Waals surface area contributed by atoms with Crippen LogP contribution in [0.15, 0.2) is 23.4 Å². The minimum Gasteiger partial charge on any atom is -0.375 e. The average molecular weight is 433 g/mol. The van der Waals surface area contributed by atoms with Crippen molar-refractivity contribution in [3.63, 3.8) is 0 Å². The van der Waals surface area contributed by atoms with Gasteiger partial charge in [0.1, 0.15) is 15.0 Å². The molecule has 150 valence electrons. The third kappa shape index (κ3) is 3.13. The summed E-state index contributed by atoms with van der Waals surface area (Å²) >= 11 is 0.951. The lowest BCUT2D eigenvalue weighted by Gasteiger charge is -2.23. The van der Waals surface area contributed by atoms with Gasteiger partial charge in [-0.25, -0.2) is 9.97 Å². The Kier molecular flexibility index (Phi) is 4.57. The van der Waals surface area contributed by atoms with Gasteiger partial charge in [-0.15, -0.1) is 11.3 Å². The van der Waals surface area contributed by atoms with Gasteiger partial charge in [0.05, 0.1) is 11.7 Å². The normalized spacial score (nSPS) is 16.7. The van der Waals surface area contributed by atoms with Gasteiger partial charge in [0.2, 0.25) is 0 Å². The van der Waals surface area contributed by atoms with Crippen molar-refractivity contribution in [3.05, 3.63) is 28.9 Å². The molecule has 0 radical (unpaired) electrons. The lowest BCUT2D eigenvalue weighted by atomic mass is 9.95. The average Bonchev–Trinajstić information content (AvgIpc) is 3.02. The quantitative estimate of drug-likeness (QED) is 0.462. The van der Waals surface area contributed by atoms with Crippen LogP contribution in [0.5, 0.6) is 5.75 Å². The van der Waals surface area contributed by atoms with Crippen molar-refractivity contribution in [2.75, 3.05) is 0 Å². The molecule has 1 fully saturated rings. The number of halogens is 3. The number of hydrogen-bond acceptors (Lipinski definition) is 7. The van der Waals surface area contributed by atoms with Crippen molar-refractivity contribution >= 4 is 41.9 Å². The van der Waals surface area contributed by atoms with Crippen LogP contribution in [-0.4, -0.2) is 28.5 Å². The second kappa shape index (κ2) is 6.69. The zero-order chi connectivity index (χ0) is 20.1. The second-order valence-corrected chi connectivity index (χ2v) is 9.04. The molecular weight excluding hydrogens is 419 g/mol. The van der Waals surface area contributed by atoms with Crippen LogP contribution in [0.25, 0.3) is 20.4 Å². The van der Waals surface area contributed by atoms with Gasteiger partial charge >= 0.3 is 15.6 Å². The van der Waals surface area contributed by atoms with E-state index in [2.05, 4.69) is 14.2 Å². The van der Waals surface area contributed by atoms with Crippen LogP contribution in [0, 0.1) is 0 Å². The summed E-state index contributed by atoms with van der Waals surface area (Å²) in [5.74, 6) is -0.559. The fourth-order valence-corrected chi connectivity index (χ4v) is 4.91. The zero-order valence-corrected chi connectivity index (χ0v) is 15.9. The molecule has 12 heteroatoms. The van der Waals surface area contributed by atoms with Crippen LogP contribution >= 0.6 is 11.3 Å². The van der Waals surface area contributed by atoms with Gasteiger partial charge in [-0.1, -0.05) is 19.3 Å². The standard InChI is InChI=1S/C16H14F3N3O4S2/c17-16(18,19)28(24,25)26-10-6-7-20-14-11(10)12-13(27-14)15(23)22(8-21-12)9-4-2-1-3-5-9/h6-9H,1-5H2. The van der Waals surface area contributed by atoms with E-state index in [1.54, 1.807) is 4.57 Å². The second-order valence-electron chi connectivity index (χ2n) is 6.50. The lowest BCUT2D eigenvalue weighted by molar-refractivity contribution is -0.0499. The maximum atomic E-state index is 12.9. The third-order valence-electron chi connectivity index (χ3n) is 4.72. The molecule has 0 unspecified atom stereocenters. The Hall–Kier alpha value is -2.21. The number of hydrogen-bond donors (Lipinski definition) is 0. The minimum absolute atomic E-state index is 0.0248. The van der Waals surface area contributed by atoms with Crippen molar-refractivity contribution < 1.29 is 25.8 Å². The largest absolute Gasteiger partial charge is 0.534 e. The van der Waals surface area contributed by atoms with Gasteiger partial charge in [-0.2, -0.15) is 21.6 Å². The van der Waals surface area contributed by atoms with Crippen LogP contribution in [0.1, 0.15) is 38.1 Å². The molecule has 0 N–H and O–H groups in total. The summed E-state index contributed by atoms with van der Waals surface area (Å²) < 4.78 is 66.9. The summed E-state index contributed by atoms with van der Waals surface area (Å²) in [4.78, 5) is 21.4. The Labute approximate surface area is 160 Å². The summed E-state index contributed by atoms with van der Waals surface area (Å²) in [6.45, 7) is 0. The molecule has 0 aliphatic heterocycles. The first-order valence-corrected chi connectivity index (χ1v) is 10.7. The number of rotatable bonds is 3. The third-order valence-corrected chi connectivity index (χ3v) is 6.76. The Bertz CT molecular complexity index is 1210. The molecule has 0 atom stereocenters. The SMILES string of the molecule is O=c1c2sc3nccc(OS(=O)(=O)C(F)(F)F)c3c2ncn1C1CCCCC1. The molecule has 28 heavy (non-hydrogen) atoms. The number of fused-ring (bicyclic) bond motifs is 3. The van der Waals surface area contributed by atoms with E-state index in [0.717, 1.165) is 55.7 Å². The van der Waals surface area contributed by atoms with Gasteiger partial charge in [0, 0.05) is 18.3 Å². The lowest BCUT2D eigenvalue weighted by Crippen LogP contribution is -2.28. The number of alkyl halides is 3. The van der Waals surface area contributed by atoms with Crippen LogP contribution in [0.2, 0.25) is 0 Å². The monoisotopic (exact) mass is 433 g/mol. The van der Waals surface area contributed by atoms with Crippen LogP contribution in [-0.2, 0) is 10.1 Å². The topological polar surface area (TPSA) is 91.2 Å². The molecule has 1 saturated carbocycles. The van der Waals surface area contributed by atoms with Crippen molar-refractivity contribution in [3.8, 4) is 5.75 Å². The first-order chi connectivity index (χ1) is 13.2. The maximum absolute atomic E-state index is 12.9. The molecule has 0 bridgehead atoms. The minimum atomic E-state index is -5.86.